The van der Waals surface area contributed by atoms with Crippen molar-refractivity contribution in [3.8, 4) is 11.5 Å². The lowest BCUT2D eigenvalue weighted by Gasteiger charge is -2.12. The van der Waals surface area contributed by atoms with E-state index < -0.39 is 0 Å². The molecule has 1 aromatic carbocycles. The van der Waals surface area contributed by atoms with E-state index in [2.05, 4.69) is 6.92 Å². The largest absolute Gasteiger partial charge is 0.493 e. The summed E-state index contributed by atoms with van der Waals surface area (Å²) >= 11 is 0. The van der Waals surface area contributed by atoms with Gasteiger partial charge < -0.3 is 15.2 Å². The van der Waals surface area contributed by atoms with Gasteiger partial charge >= 0.3 is 0 Å². The zero-order valence-corrected chi connectivity index (χ0v) is 10.1. The van der Waals surface area contributed by atoms with Crippen molar-refractivity contribution in [3.05, 3.63) is 23.8 Å². The number of hydrogen-bond acceptors (Lipinski definition) is 3. The molecule has 0 aliphatic heterocycles. The van der Waals surface area contributed by atoms with E-state index in [1.807, 2.05) is 18.2 Å². The second-order valence-corrected chi connectivity index (χ2v) is 3.25. The van der Waals surface area contributed by atoms with Crippen LogP contribution in [0, 0.1) is 0 Å². The Bertz CT molecular complexity index is 305. The summed E-state index contributed by atoms with van der Waals surface area (Å²) in [6.07, 6.45) is 0. The Labute approximate surface area is 97.0 Å². The molecule has 86 valence electrons. The summed E-state index contributed by atoms with van der Waals surface area (Å²) in [7, 11) is 3.26. The summed E-state index contributed by atoms with van der Waals surface area (Å²) in [6, 6.07) is 5.88. The van der Waals surface area contributed by atoms with Gasteiger partial charge in [0.05, 0.1) is 14.2 Å². The second kappa shape index (κ2) is 6.53. The Hall–Kier alpha value is -0.930. The van der Waals surface area contributed by atoms with Crippen LogP contribution >= 0.6 is 12.4 Å². The number of halogens is 1. The topological polar surface area (TPSA) is 44.5 Å². The monoisotopic (exact) mass is 231 g/mol. The van der Waals surface area contributed by atoms with Crippen LogP contribution in [-0.4, -0.2) is 20.8 Å². The highest BCUT2D eigenvalue weighted by molar-refractivity contribution is 5.85. The number of nitrogens with two attached hydrogens (primary N) is 1. The molecular formula is C11H18ClNO2. The van der Waals surface area contributed by atoms with Crippen LogP contribution in [0.3, 0.4) is 0 Å². The molecule has 3 nitrogen and oxygen atoms in total. The molecule has 0 radical (unpaired) electrons. The average Bonchev–Trinajstić information content (AvgIpc) is 2.26. The molecule has 0 aromatic heterocycles. The molecular weight excluding hydrogens is 214 g/mol. The molecule has 4 heteroatoms. The van der Waals surface area contributed by atoms with Crippen molar-refractivity contribution in [1.29, 1.82) is 0 Å². The first-order valence-electron chi connectivity index (χ1n) is 4.65. The molecule has 0 saturated carbocycles. The number of hydrogen-bond donors (Lipinski definition) is 1. The predicted octanol–water partition coefficient (Wildman–Crippen LogP) is 2.19. The van der Waals surface area contributed by atoms with E-state index in [1.165, 1.54) is 5.56 Å². The van der Waals surface area contributed by atoms with Gasteiger partial charge in [-0.15, -0.1) is 12.4 Å². The molecule has 1 aromatic rings. The van der Waals surface area contributed by atoms with Crippen LogP contribution in [0.1, 0.15) is 18.4 Å². The zero-order chi connectivity index (χ0) is 10.6. The van der Waals surface area contributed by atoms with Gasteiger partial charge in [0.25, 0.3) is 0 Å². The minimum Gasteiger partial charge on any atom is -0.493 e. The van der Waals surface area contributed by atoms with Crippen molar-refractivity contribution in [2.45, 2.75) is 12.8 Å². The van der Waals surface area contributed by atoms with Crippen molar-refractivity contribution in [3.63, 3.8) is 0 Å². The number of benzene rings is 1. The minimum atomic E-state index is 0. The van der Waals surface area contributed by atoms with E-state index in [0.717, 1.165) is 11.5 Å². The van der Waals surface area contributed by atoms with Crippen molar-refractivity contribution in [2.75, 3.05) is 20.8 Å². The van der Waals surface area contributed by atoms with Gasteiger partial charge in [0, 0.05) is 0 Å². The van der Waals surface area contributed by atoms with Crippen LogP contribution in [0.25, 0.3) is 0 Å². The quantitative estimate of drug-likeness (QED) is 0.864. The summed E-state index contributed by atoms with van der Waals surface area (Å²) in [5.74, 6) is 1.85. The van der Waals surface area contributed by atoms with Gasteiger partial charge in [0.2, 0.25) is 0 Å². The first-order valence-corrected chi connectivity index (χ1v) is 4.65. The van der Waals surface area contributed by atoms with E-state index >= 15 is 0 Å². The second-order valence-electron chi connectivity index (χ2n) is 3.25. The molecule has 0 fully saturated rings. The van der Waals surface area contributed by atoms with Crippen molar-refractivity contribution >= 4 is 12.4 Å². The fourth-order valence-corrected chi connectivity index (χ4v) is 1.30. The molecule has 1 unspecified atom stereocenters. The molecule has 1 atom stereocenters. The highest BCUT2D eigenvalue weighted by Gasteiger charge is 2.08. The van der Waals surface area contributed by atoms with E-state index in [4.69, 9.17) is 15.2 Å². The Balaban J connectivity index is 0.00000196. The normalized spacial score (nSPS) is 11.5. The van der Waals surface area contributed by atoms with Gasteiger partial charge in [-0.3, -0.25) is 0 Å². The van der Waals surface area contributed by atoms with E-state index in [-0.39, 0.29) is 12.4 Å². The smallest absolute Gasteiger partial charge is 0.160 e. The lowest BCUT2D eigenvalue weighted by molar-refractivity contribution is 0.354. The summed E-state index contributed by atoms with van der Waals surface area (Å²) < 4.78 is 10.4. The lowest BCUT2D eigenvalue weighted by atomic mass is 10.0. The maximum atomic E-state index is 5.59. The van der Waals surface area contributed by atoms with Crippen LogP contribution < -0.4 is 15.2 Å². The Morgan fingerprint density at radius 1 is 1.20 bits per heavy atom. The summed E-state index contributed by atoms with van der Waals surface area (Å²) in [4.78, 5) is 0. The van der Waals surface area contributed by atoms with Crippen LogP contribution in [0.5, 0.6) is 11.5 Å². The molecule has 0 spiro atoms. The number of methoxy groups -OCH3 is 2. The standard InChI is InChI=1S/C11H17NO2.ClH/c1-8(7-12)9-4-5-10(13-2)11(6-9)14-3;/h4-6,8H,7,12H2,1-3H3;1H. The fourth-order valence-electron chi connectivity index (χ4n) is 1.30. The molecule has 0 aliphatic rings. The van der Waals surface area contributed by atoms with Gasteiger partial charge in [0.1, 0.15) is 0 Å². The molecule has 1 rings (SSSR count). The van der Waals surface area contributed by atoms with Crippen LogP contribution in [0.4, 0.5) is 0 Å². The third-order valence-corrected chi connectivity index (χ3v) is 2.33. The molecule has 2 N–H and O–H groups in total. The molecule has 15 heavy (non-hydrogen) atoms. The van der Waals surface area contributed by atoms with Crippen LogP contribution in [0.2, 0.25) is 0 Å². The average molecular weight is 232 g/mol. The van der Waals surface area contributed by atoms with Gasteiger partial charge in [0.15, 0.2) is 11.5 Å². The highest BCUT2D eigenvalue weighted by Crippen LogP contribution is 2.30. The third kappa shape index (κ3) is 3.29. The minimum absolute atomic E-state index is 0. The SMILES string of the molecule is COc1ccc(C(C)CN)cc1OC.Cl. The maximum absolute atomic E-state index is 5.59. The van der Waals surface area contributed by atoms with Gasteiger partial charge in [-0.05, 0) is 30.2 Å². The van der Waals surface area contributed by atoms with E-state index in [0.29, 0.717) is 12.5 Å². The first kappa shape index (κ1) is 14.1. The third-order valence-electron chi connectivity index (χ3n) is 2.33. The van der Waals surface area contributed by atoms with E-state index in [1.54, 1.807) is 14.2 Å². The fraction of sp³-hybridized carbons (Fsp3) is 0.455. The number of ether oxygens (including phenoxy) is 2. The Morgan fingerprint density at radius 3 is 2.27 bits per heavy atom. The highest BCUT2D eigenvalue weighted by atomic mass is 35.5. The maximum Gasteiger partial charge on any atom is 0.160 e. The van der Waals surface area contributed by atoms with Crippen LogP contribution in [-0.2, 0) is 0 Å². The summed E-state index contributed by atoms with van der Waals surface area (Å²) in [6.45, 7) is 2.72. The Morgan fingerprint density at radius 2 is 1.80 bits per heavy atom. The summed E-state index contributed by atoms with van der Waals surface area (Å²) in [5.41, 5.74) is 6.77. The van der Waals surface area contributed by atoms with Crippen molar-refractivity contribution < 1.29 is 9.47 Å². The zero-order valence-electron chi connectivity index (χ0n) is 9.32. The molecule has 0 amide bonds. The predicted molar refractivity (Wildman–Crippen MR) is 64.3 cm³/mol. The molecule has 0 saturated heterocycles. The van der Waals surface area contributed by atoms with Gasteiger partial charge in [-0.1, -0.05) is 13.0 Å². The Kier molecular flexibility index (Phi) is 6.13. The molecule has 0 bridgehead atoms. The van der Waals surface area contributed by atoms with Crippen molar-refractivity contribution in [2.24, 2.45) is 5.73 Å². The lowest BCUT2D eigenvalue weighted by Crippen LogP contribution is -2.08. The van der Waals surface area contributed by atoms with Crippen LogP contribution in [0.15, 0.2) is 18.2 Å². The van der Waals surface area contributed by atoms with Crippen molar-refractivity contribution in [1.82, 2.24) is 0 Å². The number of rotatable bonds is 4. The van der Waals surface area contributed by atoms with Gasteiger partial charge in [-0.2, -0.15) is 0 Å². The van der Waals surface area contributed by atoms with E-state index in [9.17, 15) is 0 Å². The molecule has 0 heterocycles. The first-order chi connectivity index (χ1) is 6.72. The summed E-state index contributed by atoms with van der Waals surface area (Å²) in [5, 5.41) is 0. The molecule has 0 aliphatic carbocycles. The van der Waals surface area contributed by atoms with Gasteiger partial charge in [-0.25, -0.2) is 0 Å².